The second-order valence-electron chi connectivity index (χ2n) is 6.84. The molecule has 3 aromatic carbocycles. The molecule has 0 fully saturated rings. The van der Waals surface area contributed by atoms with E-state index in [1.165, 1.54) is 6.92 Å². The van der Waals surface area contributed by atoms with Gasteiger partial charge in [-0.05, 0) is 48.9 Å². The number of carbonyl (C=O) groups excluding carboxylic acids is 2. The maximum absolute atomic E-state index is 13.2. The minimum Gasteiger partial charge on any atom is -0.489 e. The van der Waals surface area contributed by atoms with Crippen molar-refractivity contribution in [3.63, 3.8) is 0 Å². The van der Waals surface area contributed by atoms with Crippen LogP contribution in [0.4, 0.5) is 5.69 Å². The lowest BCUT2D eigenvalue weighted by molar-refractivity contribution is -0.121. The molecule has 0 unspecified atom stereocenters. The highest BCUT2D eigenvalue weighted by atomic mass is 16.5. The van der Waals surface area contributed by atoms with Gasteiger partial charge in [0.2, 0.25) is 0 Å². The molecule has 0 saturated carbocycles. The summed E-state index contributed by atoms with van der Waals surface area (Å²) in [5, 5.41) is 0. The van der Waals surface area contributed by atoms with Crippen LogP contribution in [0.15, 0.2) is 78.9 Å². The number of ketones is 1. The third kappa shape index (κ3) is 3.99. The quantitative estimate of drug-likeness (QED) is 0.608. The second kappa shape index (κ2) is 8.19. The second-order valence-corrected chi connectivity index (χ2v) is 6.84. The van der Waals surface area contributed by atoms with Crippen LogP contribution in [0, 0.1) is 0 Å². The topological polar surface area (TPSA) is 55.8 Å². The number of benzene rings is 3. The third-order valence-corrected chi connectivity index (χ3v) is 4.91. The molecule has 5 heteroatoms. The summed E-state index contributed by atoms with van der Waals surface area (Å²) < 4.78 is 11.6. The van der Waals surface area contributed by atoms with E-state index < -0.39 is 0 Å². The summed E-state index contributed by atoms with van der Waals surface area (Å²) in [5.74, 6) is 1.05. The lowest BCUT2D eigenvalue weighted by atomic mass is 10.0. The SMILES string of the molecule is CC(=O)c1ccc(OCC(=O)N2c3ccccc3OC[C@@H]2c2ccccc2)cc1. The van der Waals surface area contributed by atoms with E-state index in [0.717, 1.165) is 11.3 Å². The van der Waals surface area contributed by atoms with Crippen LogP contribution in [0.25, 0.3) is 0 Å². The van der Waals surface area contributed by atoms with Gasteiger partial charge in [-0.25, -0.2) is 0 Å². The van der Waals surface area contributed by atoms with E-state index in [-0.39, 0.29) is 24.3 Å². The zero-order valence-electron chi connectivity index (χ0n) is 16.1. The Labute approximate surface area is 169 Å². The van der Waals surface area contributed by atoms with Gasteiger partial charge in [0.15, 0.2) is 12.4 Å². The molecule has 1 atom stereocenters. The van der Waals surface area contributed by atoms with Crippen LogP contribution in [-0.2, 0) is 4.79 Å². The van der Waals surface area contributed by atoms with Crippen molar-refractivity contribution in [3.05, 3.63) is 90.0 Å². The Hall–Kier alpha value is -3.60. The molecule has 146 valence electrons. The molecule has 0 radical (unpaired) electrons. The molecule has 0 aromatic heterocycles. The number of fused-ring (bicyclic) bond motifs is 1. The van der Waals surface area contributed by atoms with Crippen molar-refractivity contribution in [2.45, 2.75) is 13.0 Å². The summed E-state index contributed by atoms with van der Waals surface area (Å²) in [5.41, 5.74) is 2.34. The van der Waals surface area contributed by atoms with Crippen molar-refractivity contribution in [1.82, 2.24) is 0 Å². The number of amides is 1. The van der Waals surface area contributed by atoms with Crippen LogP contribution in [0.2, 0.25) is 0 Å². The molecule has 4 rings (SSSR count). The van der Waals surface area contributed by atoms with Gasteiger partial charge in [-0.3, -0.25) is 14.5 Å². The molecule has 1 heterocycles. The molecule has 0 spiro atoms. The van der Waals surface area contributed by atoms with Crippen LogP contribution in [-0.4, -0.2) is 24.9 Å². The molecular weight excluding hydrogens is 366 g/mol. The van der Waals surface area contributed by atoms with Crippen molar-refractivity contribution < 1.29 is 19.1 Å². The largest absolute Gasteiger partial charge is 0.489 e. The predicted octanol–water partition coefficient (Wildman–Crippen LogP) is 4.43. The van der Waals surface area contributed by atoms with E-state index in [1.807, 2.05) is 54.6 Å². The minimum atomic E-state index is -0.234. The lowest BCUT2D eigenvalue weighted by Gasteiger charge is -2.37. The van der Waals surface area contributed by atoms with Gasteiger partial charge in [0.25, 0.3) is 5.91 Å². The third-order valence-electron chi connectivity index (χ3n) is 4.91. The molecule has 1 aliphatic rings. The maximum Gasteiger partial charge on any atom is 0.265 e. The van der Waals surface area contributed by atoms with E-state index in [9.17, 15) is 9.59 Å². The Kier molecular flexibility index (Phi) is 5.29. The monoisotopic (exact) mass is 387 g/mol. The minimum absolute atomic E-state index is 0.0109. The van der Waals surface area contributed by atoms with Gasteiger partial charge in [-0.2, -0.15) is 0 Å². The van der Waals surface area contributed by atoms with E-state index in [0.29, 0.717) is 23.7 Å². The number of Topliss-reactive ketones (excluding diaryl/α,β-unsaturated/α-hetero) is 1. The number of rotatable bonds is 5. The standard InChI is InChI=1S/C24H21NO4/c1-17(26)18-11-13-20(14-12-18)28-16-24(27)25-21-9-5-6-10-23(21)29-15-22(25)19-7-3-2-4-8-19/h2-14,22H,15-16H2,1H3/t22-/m1/s1. The Bertz CT molecular complexity index is 1010. The first-order valence-electron chi connectivity index (χ1n) is 9.46. The summed E-state index contributed by atoms with van der Waals surface area (Å²) in [6.45, 7) is 1.77. The Morgan fingerprint density at radius 3 is 2.38 bits per heavy atom. The first-order chi connectivity index (χ1) is 14.1. The van der Waals surface area contributed by atoms with Crippen LogP contribution in [0.3, 0.4) is 0 Å². The van der Waals surface area contributed by atoms with Gasteiger partial charge in [0, 0.05) is 5.56 Å². The van der Waals surface area contributed by atoms with E-state index in [1.54, 1.807) is 29.2 Å². The fourth-order valence-electron chi connectivity index (χ4n) is 3.42. The molecule has 0 aliphatic carbocycles. The zero-order valence-corrected chi connectivity index (χ0v) is 16.1. The van der Waals surface area contributed by atoms with Gasteiger partial charge in [-0.15, -0.1) is 0 Å². The van der Waals surface area contributed by atoms with Crippen LogP contribution in [0.1, 0.15) is 28.9 Å². The van der Waals surface area contributed by atoms with Crippen molar-refractivity contribution in [2.24, 2.45) is 0 Å². The molecule has 29 heavy (non-hydrogen) atoms. The smallest absolute Gasteiger partial charge is 0.265 e. The highest BCUT2D eigenvalue weighted by molar-refractivity contribution is 5.97. The number of ether oxygens (including phenoxy) is 2. The van der Waals surface area contributed by atoms with Gasteiger partial charge < -0.3 is 9.47 Å². The normalized spacial score (nSPS) is 15.2. The maximum atomic E-state index is 13.2. The van der Waals surface area contributed by atoms with E-state index in [4.69, 9.17) is 9.47 Å². The number of hydrogen-bond donors (Lipinski definition) is 0. The molecular formula is C24H21NO4. The van der Waals surface area contributed by atoms with Crippen LogP contribution < -0.4 is 14.4 Å². The summed E-state index contributed by atoms with van der Waals surface area (Å²) in [4.78, 5) is 26.3. The molecule has 0 saturated heterocycles. The fraction of sp³-hybridized carbons (Fsp3) is 0.167. The fourth-order valence-corrected chi connectivity index (χ4v) is 3.42. The average Bonchev–Trinajstić information content (AvgIpc) is 2.77. The first-order valence-corrected chi connectivity index (χ1v) is 9.46. The summed E-state index contributed by atoms with van der Waals surface area (Å²) in [6.07, 6.45) is 0. The van der Waals surface area contributed by atoms with Crippen molar-refractivity contribution in [3.8, 4) is 11.5 Å². The lowest BCUT2D eigenvalue weighted by Crippen LogP contribution is -2.43. The average molecular weight is 387 g/mol. The number of para-hydroxylation sites is 2. The molecule has 0 bridgehead atoms. The first kappa shape index (κ1) is 18.7. The number of nitrogens with zero attached hydrogens (tertiary/aromatic N) is 1. The Morgan fingerprint density at radius 1 is 0.966 bits per heavy atom. The molecule has 1 amide bonds. The van der Waals surface area contributed by atoms with Crippen molar-refractivity contribution in [2.75, 3.05) is 18.1 Å². The van der Waals surface area contributed by atoms with Gasteiger partial charge >= 0.3 is 0 Å². The highest BCUT2D eigenvalue weighted by Crippen LogP contribution is 2.39. The van der Waals surface area contributed by atoms with Crippen LogP contribution >= 0.6 is 0 Å². The summed E-state index contributed by atoms with van der Waals surface area (Å²) in [6, 6.07) is 23.9. The van der Waals surface area contributed by atoms with Crippen LogP contribution in [0.5, 0.6) is 11.5 Å². The molecule has 5 nitrogen and oxygen atoms in total. The number of carbonyl (C=O) groups is 2. The van der Waals surface area contributed by atoms with E-state index in [2.05, 4.69) is 0 Å². The molecule has 1 aliphatic heterocycles. The van der Waals surface area contributed by atoms with Crippen molar-refractivity contribution in [1.29, 1.82) is 0 Å². The zero-order chi connectivity index (χ0) is 20.2. The van der Waals surface area contributed by atoms with Crippen molar-refractivity contribution >= 4 is 17.4 Å². The number of anilines is 1. The highest BCUT2D eigenvalue weighted by Gasteiger charge is 2.33. The van der Waals surface area contributed by atoms with Gasteiger partial charge in [0.05, 0.1) is 11.7 Å². The summed E-state index contributed by atoms with van der Waals surface area (Å²) >= 11 is 0. The van der Waals surface area contributed by atoms with Gasteiger partial charge in [0.1, 0.15) is 18.1 Å². The van der Waals surface area contributed by atoms with Gasteiger partial charge in [-0.1, -0.05) is 42.5 Å². The van der Waals surface area contributed by atoms with E-state index >= 15 is 0 Å². The summed E-state index contributed by atoms with van der Waals surface area (Å²) in [7, 11) is 0. The molecule has 0 N–H and O–H groups in total. The molecule has 3 aromatic rings. The Morgan fingerprint density at radius 2 is 1.66 bits per heavy atom. The predicted molar refractivity (Wildman–Crippen MR) is 111 cm³/mol. The Balaban J connectivity index is 1.57. The number of hydrogen-bond acceptors (Lipinski definition) is 4.